The Hall–Kier alpha value is -3.41. The van der Waals surface area contributed by atoms with Crippen molar-refractivity contribution in [2.45, 2.75) is 6.54 Å². The zero-order valence-corrected chi connectivity index (χ0v) is 14.1. The molecule has 4 rings (SSSR count). The van der Waals surface area contributed by atoms with E-state index in [-0.39, 0.29) is 25.3 Å². The van der Waals surface area contributed by atoms with E-state index >= 15 is 0 Å². The topological polar surface area (TPSA) is 131 Å². The van der Waals surface area contributed by atoms with E-state index in [9.17, 15) is 14.9 Å². The molecule has 1 amide bonds. The van der Waals surface area contributed by atoms with Gasteiger partial charge in [0.2, 0.25) is 12.7 Å². The van der Waals surface area contributed by atoms with E-state index in [0.29, 0.717) is 43.6 Å². The number of rotatable bonds is 5. The fraction of sp³-hybridized carbons (Fsp3) is 0.400. The summed E-state index contributed by atoms with van der Waals surface area (Å²) in [6, 6.07) is 4.65. The third-order valence-corrected chi connectivity index (χ3v) is 3.99. The third-order valence-electron chi connectivity index (χ3n) is 3.99. The van der Waals surface area contributed by atoms with E-state index in [4.69, 9.17) is 18.9 Å². The molecule has 0 spiro atoms. The highest BCUT2D eigenvalue weighted by atomic mass is 16.7. The largest absolute Gasteiger partial charge is 0.494 e. The van der Waals surface area contributed by atoms with Crippen LogP contribution >= 0.6 is 0 Å². The van der Waals surface area contributed by atoms with Gasteiger partial charge in [-0.15, -0.1) is 4.68 Å². The number of morpholine rings is 1. The van der Waals surface area contributed by atoms with E-state index in [1.807, 2.05) is 0 Å². The Morgan fingerprint density at radius 1 is 1.26 bits per heavy atom. The average molecular weight is 377 g/mol. The van der Waals surface area contributed by atoms with Crippen LogP contribution in [0, 0.1) is 10.1 Å². The van der Waals surface area contributed by atoms with Crippen LogP contribution in [-0.2, 0) is 16.1 Å². The Labute approximate surface area is 152 Å². The van der Waals surface area contributed by atoms with Crippen LogP contribution in [0.1, 0.15) is 0 Å². The highest BCUT2D eigenvalue weighted by molar-refractivity contribution is 5.76. The summed E-state index contributed by atoms with van der Waals surface area (Å²) >= 11 is 0. The molecule has 0 unspecified atom stereocenters. The summed E-state index contributed by atoms with van der Waals surface area (Å²) in [5, 5.41) is 14.8. The molecule has 0 radical (unpaired) electrons. The molecule has 12 nitrogen and oxygen atoms in total. The molecule has 0 bridgehead atoms. The van der Waals surface area contributed by atoms with E-state index in [1.165, 1.54) is 0 Å². The van der Waals surface area contributed by atoms with Crippen LogP contribution in [-0.4, -0.2) is 63.6 Å². The molecule has 1 aromatic carbocycles. The first-order valence-corrected chi connectivity index (χ1v) is 8.12. The number of hydrogen-bond donors (Lipinski definition) is 0. The second-order valence-electron chi connectivity index (χ2n) is 5.72. The van der Waals surface area contributed by atoms with Crippen molar-refractivity contribution in [1.82, 2.24) is 19.7 Å². The van der Waals surface area contributed by atoms with Gasteiger partial charge < -0.3 is 34.0 Å². The van der Waals surface area contributed by atoms with Gasteiger partial charge in [-0.2, -0.15) is 0 Å². The first-order chi connectivity index (χ1) is 13.1. The number of benzene rings is 1. The second kappa shape index (κ2) is 7.07. The molecule has 1 fully saturated rings. The summed E-state index contributed by atoms with van der Waals surface area (Å²) in [7, 11) is 0. The fourth-order valence-corrected chi connectivity index (χ4v) is 2.66. The van der Waals surface area contributed by atoms with Gasteiger partial charge in [0.05, 0.1) is 13.2 Å². The standard InChI is InChI=1S/C15H15N5O7/c21-13(18-3-5-24-6-4-18)8-19-15(16-14(17-19)20(22)23)27-10-1-2-11-12(7-10)26-9-25-11/h1-2,7H,3-6,8-9H2. The number of carbonyl (C=O) groups is 1. The smallest absolute Gasteiger partial charge is 0.454 e. The zero-order chi connectivity index (χ0) is 18.8. The molecule has 2 aliphatic rings. The molecule has 0 atom stereocenters. The van der Waals surface area contributed by atoms with Crippen LogP contribution in [0.15, 0.2) is 18.2 Å². The lowest BCUT2D eigenvalue weighted by molar-refractivity contribution is -0.394. The van der Waals surface area contributed by atoms with E-state index in [0.717, 1.165) is 4.68 Å². The molecule has 1 aromatic heterocycles. The molecule has 12 heteroatoms. The summed E-state index contributed by atoms with van der Waals surface area (Å²) in [6.07, 6.45) is 0. The SMILES string of the molecule is O=C(Cn1nc([N+](=O)[O-])nc1Oc1ccc2c(c1)OCO2)N1CCOCC1. The van der Waals surface area contributed by atoms with Crippen molar-refractivity contribution >= 4 is 11.9 Å². The van der Waals surface area contributed by atoms with Gasteiger partial charge in [-0.25, -0.2) is 0 Å². The predicted octanol–water partition coefficient (Wildman–Crippen LogP) is 0.566. The minimum Gasteiger partial charge on any atom is -0.454 e. The van der Waals surface area contributed by atoms with Gasteiger partial charge in [0.15, 0.2) is 11.5 Å². The maximum atomic E-state index is 12.4. The molecule has 27 heavy (non-hydrogen) atoms. The lowest BCUT2D eigenvalue weighted by atomic mass is 10.3. The molecule has 142 valence electrons. The van der Waals surface area contributed by atoms with Crippen molar-refractivity contribution in [3.63, 3.8) is 0 Å². The number of aromatic nitrogens is 3. The Morgan fingerprint density at radius 2 is 2.04 bits per heavy atom. The van der Waals surface area contributed by atoms with Crippen molar-refractivity contribution in [1.29, 1.82) is 0 Å². The maximum Gasteiger partial charge on any atom is 0.494 e. The van der Waals surface area contributed by atoms with Gasteiger partial charge in [0, 0.05) is 24.3 Å². The summed E-state index contributed by atoms with van der Waals surface area (Å²) in [4.78, 5) is 28.1. The van der Waals surface area contributed by atoms with Crippen LogP contribution in [0.2, 0.25) is 0 Å². The van der Waals surface area contributed by atoms with Crippen molar-refractivity contribution in [3.8, 4) is 23.3 Å². The summed E-state index contributed by atoms with van der Waals surface area (Å²) in [5.41, 5.74) is 0. The Balaban J connectivity index is 1.55. The van der Waals surface area contributed by atoms with Crippen molar-refractivity contribution in [3.05, 3.63) is 28.3 Å². The summed E-state index contributed by atoms with van der Waals surface area (Å²) in [5.74, 6) is 0.463. The first-order valence-electron chi connectivity index (χ1n) is 8.12. The molecule has 3 heterocycles. The lowest BCUT2D eigenvalue weighted by Crippen LogP contribution is -2.42. The van der Waals surface area contributed by atoms with Gasteiger partial charge in [-0.3, -0.25) is 4.79 Å². The molecular formula is C15H15N5O7. The Bertz CT molecular complexity index is 877. The van der Waals surface area contributed by atoms with Gasteiger partial charge in [-0.05, 0) is 22.0 Å². The maximum absolute atomic E-state index is 12.4. The fourth-order valence-electron chi connectivity index (χ4n) is 2.66. The second-order valence-corrected chi connectivity index (χ2v) is 5.72. The van der Waals surface area contributed by atoms with Crippen LogP contribution < -0.4 is 14.2 Å². The monoisotopic (exact) mass is 377 g/mol. The molecule has 2 aliphatic heterocycles. The highest BCUT2D eigenvalue weighted by Gasteiger charge is 2.28. The molecular weight excluding hydrogens is 362 g/mol. The van der Waals surface area contributed by atoms with Crippen LogP contribution in [0.5, 0.6) is 23.3 Å². The van der Waals surface area contributed by atoms with Crippen molar-refractivity contribution < 1.29 is 28.7 Å². The lowest BCUT2D eigenvalue weighted by Gasteiger charge is -2.26. The van der Waals surface area contributed by atoms with Crippen LogP contribution in [0.25, 0.3) is 0 Å². The number of nitrogens with zero attached hydrogens (tertiary/aromatic N) is 5. The van der Waals surface area contributed by atoms with Gasteiger partial charge in [0.25, 0.3) is 0 Å². The molecule has 0 N–H and O–H groups in total. The Morgan fingerprint density at radius 3 is 2.81 bits per heavy atom. The number of fused-ring (bicyclic) bond motifs is 1. The number of carbonyl (C=O) groups excluding carboxylic acids is 1. The van der Waals surface area contributed by atoms with Gasteiger partial charge in [-0.1, -0.05) is 0 Å². The number of ether oxygens (including phenoxy) is 4. The third kappa shape index (κ3) is 3.60. The van der Waals surface area contributed by atoms with E-state index < -0.39 is 10.9 Å². The number of hydrogen-bond acceptors (Lipinski definition) is 9. The summed E-state index contributed by atoms with van der Waals surface area (Å²) < 4.78 is 22.4. The quantitative estimate of drug-likeness (QED) is 0.542. The minimum absolute atomic E-state index is 0.106. The average Bonchev–Trinajstić information content (AvgIpc) is 3.29. The van der Waals surface area contributed by atoms with Crippen LogP contribution in [0.4, 0.5) is 5.95 Å². The number of amides is 1. The number of nitro groups is 1. The van der Waals surface area contributed by atoms with Crippen molar-refractivity contribution in [2.24, 2.45) is 0 Å². The minimum atomic E-state index is -0.748. The molecule has 1 saturated heterocycles. The van der Waals surface area contributed by atoms with E-state index in [1.54, 1.807) is 23.1 Å². The highest BCUT2D eigenvalue weighted by Crippen LogP contribution is 2.36. The van der Waals surface area contributed by atoms with Crippen molar-refractivity contribution in [2.75, 3.05) is 33.1 Å². The van der Waals surface area contributed by atoms with Gasteiger partial charge in [0.1, 0.15) is 12.3 Å². The molecule has 0 aliphatic carbocycles. The zero-order valence-electron chi connectivity index (χ0n) is 14.1. The van der Waals surface area contributed by atoms with E-state index in [2.05, 4.69) is 10.1 Å². The molecule has 2 aromatic rings. The predicted molar refractivity (Wildman–Crippen MR) is 86.7 cm³/mol. The van der Waals surface area contributed by atoms with Crippen LogP contribution in [0.3, 0.4) is 0 Å². The summed E-state index contributed by atoms with van der Waals surface area (Å²) in [6.45, 7) is 1.67. The van der Waals surface area contributed by atoms with Gasteiger partial charge >= 0.3 is 12.0 Å². The first kappa shape index (κ1) is 17.0. The molecule has 0 saturated carbocycles. The Kier molecular flexibility index (Phi) is 4.46. The normalized spacial score (nSPS) is 15.6.